The number of carbonyl (C=O) groups is 3. The molecule has 1 heterocycles. The minimum absolute atomic E-state index is 0.00162. The lowest BCUT2D eigenvalue weighted by atomic mass is 10.1. The lowest BCUT2D eigenvalue weighted by molar-refractivity contribution is -0.120. The average molecular weight is 438 g/mol. The van der Waals surface area contributed by atoms with Crippen LogP contribution in [-0.4, -0.2) is 23.8 Å². The predicted molar refractivity (Wildman–Crippen MR) is 121 cm³/mol. The molecule has 2 aliphatic rings. The van der Waals surface area contributed by atoms with Gasteiger partial charge in [0.05, 0.1) is 5.69 Å². The topological polar surface area (TPSA) is 78.5 Å². The summed E-state index contributed by atoms with van der Waals surface area (Å²) < 4.78 is 0. The summed E-state index contributed by atoms with van der Waals surface area (Å²) in [4.78, 5) is 39.3. The van der Waals surface area contributed by atoms with E-state index in [1.807, 2.05) is 19.9 Å². The number of imide groups is 1. The molecule has 6 nitrogen and oxygen atoms in total. The molecule has 31 heavy (non-hydrogen) atoms. The van der Waals surface area contributed by atoms with E-state index in [1.54, 1.807) is 36.4 Å². The Morgan fingerprint density at radius 1 is 1.00 bits per heavy atom. The number of anilines is 2. The summed E-state index contributed by atoms with van der Waals surface area (Å²) in [5.74, 6) is -1.26. The van der Waals surface area contributed by atoms with Gasteiger partial charge in [0.2, 0.25) is 0 Å². The molecule has 1 aliphatic heterocycles. The van der Waals surface area contributed by atoms with E-state index < -0.39 is 11.8 Å². The fourth-order valence-electron chi connectivity index (χ4n) is 3.93. The van der Waals surface area contributed by atoms with Crippen molar-refractivity contribution in [1.29, 1.82) is 0 Å². The lowest BCUT2D eigenvalue weighted by Crippen LogP contribution is -2.33. The molecule has 1 aliphatic carbocycles. The first-order valence-corrected chi connectivity index (χ1v) is 10.8. The number of carbonyl (C=O) groups excluding carboxylic acids is 3. The standard InChI is InChI=1S/C24H24ClN3O3/c1-14-10-11-19(12-15(14)2)28-23(30)20(25)21(24(28)31)26-18-9-5-6-16(13-18)22(29)27-17-7-3-4-8-17/h5-6,9-13,17,26H,3-4,7-8H2,1-2H3,(H,27,29). The number of aryl methyl sites for hydroxylation is 2. The van der Waals surface area contributed by atoms with Crippen LogP contribution < -0.4 is 15.5 Å². The van der Waals surface area contributed by atoms with E-state index in [9.17, 15) is 14.4 Å². The highest BCUT2D eigenvalue weighted by atomic mass is 35.5. The quantitative estimate of drug-likeness (QED) is 0.679. The van der Waals surface area contributed by atoms with Crippen molar-refractivity contribution in [2.24, 2.45) is 0 Å². The number of amides is 3. The minimum atomic E-state index is -0.576. The second-order valence-electron chi connectivity index (χ2n) is 8.06. The number of nitrogens with zero attached hydrogens (tertiary/aromatic N) is 1. The molecule has 0 unspecified atom stereocenters. The van der Waals surface area contributed by atoms with E-state index in [1.165, 1.54) is 0 Å². The van der Waals surface area contributed by atoms with Crippen LogP contribution >= 0.6 is 11.6 Å². The zero-order valence-electron chi connectivity index (χ0n) is 17.5. The van der Waals surface area contributed by atoms with Gasteiger partial charge in [-0.1, -0.05) is 36.6 Å². The van der Waals surface area contributed by atoms with E-state index >= 15 is 0 Å². The van der Waals surface area contributed by atoms with E-state index in [2.05, 4.69) is 10.6 Å². The average Bonchev–Trinajstić information content (AvgIpc) is 3.33. The van der Waals surface area contributed by atoms with Crippen molar-refractivity contribution in [1.82, 2.24) is 5.32 Å². The summed E-state index contributed by atoms with van der Waals surface area (Å²) in [6.45, 7) is 3.88. The summed E-state index contributed by atoms with van der Waals surface area (Å²) in [6, 6.07) is 12.4. The van der Waals surface area contributed by atoms with Crippen LogP contribution in [0.15, 0.2) is 53.2 Å². The minimum Gasteiger partial charge on any atom is -0.350 e. The van der Waals surface area contributed by atoms with Gasteiger partial charge in [-0.15, -0.1) is 0 Å². The van der Waals surface area contributed by atoms with Gasteiger partial charge in [0.15, 0.2) is 0 Å². The Kier molecular flexibility index (Phi) is 5.83. The molecule has 160 valence electrons. The van der Waals surface area contributed by atoms with E-state index in [4.69, 9.17) is 11.6 Å². The van der Waals surface area contributed by atoms with Crippen LogP contribution in [0.3, 0.4) is 0 Å². The highest BCUT2D eigenvalue weighted by Crippen LogP contribution is 2.31. The van der Waals surface area contributed by atoms with Crippen LogP contribution in [0.2, 0.25) is 0 Å². The van der Waals surface area contributed by atoms with Gasteiger partial charge in [-0.3, -0.25) is 14.4 Å². The van der Waals surface area contributed by atoms with Gasteiger partial charge in [0.25, 0.3) is 17.7 Å². The van der Waals surface area contributed by atoms with Crippen molar-refractivity contribution in [2.45, 2.75) is 45.6 Å². The Balaban J connectivity index is 1.53. The monoisotopic (exact) mass is 437 g/mol. The fourth-order valence-corrected chi connectivity index (χ4v) is 4.14. The smallest absolute Gasteiger partial charge is 0.283 e. The molecular weight excluding hydrogens is 414 g/mol. The molecule has 1 saturated carbocycles. The SMILES string of the molecule is Cc1ccc(N2C(=O)C(Cl)=C(Nc3cccc(C(=O)NC4CCCC4)c3)C2=O)cc1C. The maximum atomic E-state index is 13.0. The number of hydrogen-bond acceptors (Lipinski definition) is 4. The van der Waals surface area contributed by atoms with Crippen molar-refractivity contribution >= 4 is 40.7 Å². The van der Waals surface area contributed by atoms with Gasteiger partial charge in [-0.05, 0) is 68.1 Å². The van der Waals surface area contributed by atoms with Crippen LogP contribution in [0.25, 0.3) is 0 Å². The van der Waals surface area contributed by atoms with Gasteiger partial charge < -0.3 is 10.6 Å². The van der Waals surface area contributed by atoms with Crippen molar-refractivity contribution < 1.29 is 14.4 Å². The van der Waals surface area contributed by atoms with E-state index in [0.29, 0.717) is 16.9 Å². The summed E-state index contributed by atoms with van der Waals surface area (Å²) in [5.41, 5.74) is 3.49. The normalized spacial score (nSPS) is 16.9. The van der Waals surface area contributed by atoms with Crippen LogP contribution in [0.4, 0.5) is 11.4 Å². The molecule has 1 fully saturated rings. The number of benzene rings is 2. The molecule has 2 aromatic rings. The van der Waals surface area contributed by atoms with Crippen LogP contribution in [0.1, 0.15) is 47.2 Å². The largest absolute Gasteiger partial charge is 0.350 e. The van der Waals surface area contributed by atoms with Gasteiger partial charge in [0.1, 0.15) is 10.7 Å². The van der Waals surface area contributed by atoms with E-state index in [0.717, 1.165) is 41.7 Å². The molecule has 7 heteroatoms. The summed E-state index contributed by atoms with van der Waals surface area (Å²) in [5, 5.41) is 5.81. The highest BCUT2D eigenvalue weighted by molar-refractivity contribution is 6.53. The highest BCUT2D eigenvalue weighted by Gasteiger charge is 2.39. The van der Waals surface area contributed by atoms with Gasteiger partial charge in [0, 0.05) is 17.3 Å². The second kappa shape index (κ2) is 8.55. The third-order valence-electron chi connectivity index (χ3n) is 5.86. The molecule has 0 saturated heterocycles. The van der Waals surface area contributed by atoms with Crippen molar-refractivity contribution in [3.05, 3.63) is 69.9 Å². The molecule has 2 aromatic carbocycles. The summed E-state index contributed by atoms with van der Waals surface area (Å²) >= 11 is 6.23. The molecule has 0 radical (unpaired) electrons. The third kappa shape index (κ3) is 4.21. The van der Waals surface area contributed by atoms with Gasteiger partial charge >= 0.3 is 0 Å². The predicted octanol–water partition coefficient (Wildman–Crippen LogP) is 4.41. The van der Waals surface area contributed by atoms with Crippen LogP contribution in [0.5, 0.6) is 0 Å². The van der Waals surface area contributed by atoms with Gasteiger partial charge in [-0.2, -0.15) is 0 Å². The number of hydrogen-bond donors (Lipinski definition) is 2. The first kappa shape index (κ1) is 21.1. The summed E-state index contributed by atoms with van der Waals surface area (Å²) in [7, 11) is 0. The van der Waals surface area contributed by atoms with Crippen molar-refractivity contribution in [2.75, 3.05) is 10.2 Å². The maximum absolute atomic E-state index is 13.0. The lowest BCUT2D eigenvalue weighted by Gasteiger charge is -2.16. The summed E-state index contributed by atoms with van der Waals surface area (Å²) in [6.07, 6.45) is 4.26. The number of halogens is 1. The zero-order chi connectivity index (χ0) is 22.1. The Bertz CT molecular complexity index is 1100. The Morgan fingerprint density at radius 3 is 2.45 bits per heavy atom. The molecule has 0 aromatic heterocycles. The van der Waals surface area contributed by atoms with Crippen molar-refractivity contribution in [3.8, 4) is 0 Å². The van der Waals surface area contributed by atoms with Crippen LogP contribution in [-0.2, 0) is 9.59 Å². The molecule has 4 rings (SSSR count). The third-order valence-corrected chi connectivity index (χ3v) is 6.21. The first-order chi connectivity index (χ1) is 14.8. The Hall–Kier alpha value is -3.12. The van der Waals surface area contributed by atoms with Gasteiger partial charge in [-0.25, -0.2) is 4.90 Å². The molecule has 0 spiro atoms. The Labute approximate surface area is 186 Å². The molecule has 2 N–H and O–H groups in total. The second-order valence-corrected chi connectivity index (χ2v) is 8.44. The molecule has 0 atom stereocenters. The van der Waals surface area contributed by atoms with Crippen molar-refractivity contribution in [3.63, 3.8) is 0 Å². The Morgan fingerprint density at radius 2 is 1.74 bits per heavy atom. The molecule has 0 bridgehead atoms. The molecule has 3 amide bonds. The maximum Gasteiger partial charge on any atom is 0.283 e. The number of rotatable bonds is 5. The first-order valence-electron chi connectivity index (χ1n) is 10.4. The molecular formula is C24H24ClN3O3. The number of nitrogens with one attached hydrogen (secondary N) is 2. The van der Waals surface area contributed by atoms with Crippen LogP contribution in [0, 0.1) is 13.8 Å². The van der Waals surface area contributed by atoms with E-state index in [-0.39, 0.29) is 22.7 Å². The fraction of sp³-hybridized carbons (Fsp3) is 0.292. The zero-order valence-corrected chi connectivity index (χ0v) is 18.3.